The summed E-state index contributed by atoms with van der Waals surface area (Å²) >= 11 is 6.11. The number of nitrogens with zero attached hydrogens (tertiary/aromatic N) is 3. The number of hydrogen-bond acceptors (Lipinski definition) is 4. The normalized spacial score (nSPS) is 15.4. The number of carbonyl (C=O) groups excluding carboxylic acids is 1. The lowest BCUT2D eigenvalue weighted by Crippen LogP contribution is -2.38. The second kappa shape index (κ2) is 7.18. The van der Waals surface area contributed by atoms with E-state index < -0.39 is 0 Å². The lowest BCUT2D eigenvalue weighted by molar-refractivity contribution is -0.120. The van der Waals surface area contributed by atoms with Crippen LogP contribution in [-0.4, -0.2) is 29.2 Å². The number of hydrogen-bond donors (Lipinski definition) is 1. The molecular formula is C18H21ClN4O. The smallest absolute Gasteiger partial charge is 0.227 e. The van der Waals surface area contributed by atoms with E-state index in [-0.39, 0.29) is 11.8 Å². The molecule has 1 aromatic heterocycles. The molecule has 1 amide bonds. The molecule has 0 radical (unpaired) electrons. The number of anilines is 2. The first-order valence-electron chi connectivity index (χ1n) is 8.15. The Morgan fingerprint density at radius 2 is 1.92 bits per heavy atom. The maximum Gasteiger partial charge on any atom is 0.227 e. The number of rotatable bonds is 3. The third kappa shape index (κ3) is 3.85. The number of benzene rings is 1. The van der Waals surface area contributed by atoms with Crippen molar-refractivity contribution < 1.29 is 4.79 Å². The molecule has 3 rings (SSSR count). The first-order chi connectivity index (χ1) is 11.5. The van der Waals surface area contributed by atoms with Crippen molar-refractivity contribution in [3.63, 3.8) is 0 Å². The van der Waals surface area contributed by atoms with Crippen LogP contribution in [0.4, 0.5) is 11.5 Å². The van der Waals surface area contributed by atoms with Gasteiger partial charge in [-0.15, -0.1) is 5.10 Å². The van der Waals surface area contributed by atoms with Crippen molar-refractivity contribution in [2.24, 2.45) is 5.92 Å². The maximum absolute atomic E-state index is 12.5. The molecule has 0 bridgehead atoms. The van der Waals surface area contributed by atoms with Crippen LogP contribution in [0.1, 0.15) is 24.1 Å². The molecule has 2 heterocycles. The van der Waals surface area contributed by atoms with E-state index in [0.29, 0.717) is 5.02 Å². The van der Waals surface area contributed by atoms with Crippen LogP contribution in [0.15, 0.2) is 30.3 Å². The monoisotopic (exact) mass is 344 g/mol. The molecule has 0 spiro atoms. The summed E-state index contributed by atoms with van der Waals surface area (Å²) in [5, 5.41) is 12.0. The first kappa shape index (κ1) is 16.7. The second-order valence-corrected chi connectivity index (χ2v) is 6.65. The highest BCUT2D eigenvalue weighted by atomic mass is 35.5. The summed E-state index contributed by atoms with van der Waals surface area (Å²) in [5.41, 5.74) is 2.66. The molecule has 24 heavy (non-hydrogen) atoms. The molecule has 0 atom stereocenters. The van der Waals surface area contributed by atoms with E-state index in [1.54, 1.807) is 6.07 Å². The highest BCUT2D eigenvalue weighted by Crippen LogP contribution is 2.24. The Balaban J connectivity index is 1.56. The van der Waals surface area contributed by atoms with Gasteiger partial charge >= 0.3 is 0 Å². The number of aromatic nitrogens is 2. The van der Waals surface area contributed by atoms with Gasteiger partial charge in [0.05, 0.1) is 5.69 Å². The van der Waals surface area contributed by atoms with Gasteiger partial charge in [0.15, 0.2) is 5.82 Å². The molecule has 6 heteroatoms. The number of amides is 1. The van der Waals surface area contributed by atoms with Crippen molar-refractivity contribution in [3.8, 4) is 0 Å². The van der Waals surface area contributed by atoms with Crippen molar-refractivity contribution in [3.05, 3.63) is 46.6 Å². The topological polar surface area (TPSA) is 58.1 Å². The second-order valence-electron chi connectivity index (χ2n) is 6.25. The minimum atomic E-state index is 0.0136. The first-order valence-corrected chi connectivity index (χ1v) is 8.53. The molecule has 1 N–H and O–H groups in total. The average molecular weight is 345 g/mol. The average Bonchev–Trinajstić information content (AvgIpc) is 2.59. The van der Waals surface area contributed by atoms with Gasteiger partial charge in [-0.3, -0.25) is 4.79 Å². The fourth-order valence-corrected chi connectivity index (χ4v) is 3.03. The molecule has 1 aromatic carbocycles. The highest BCUT2D eigenvalue weighted by molar-refractivity contribution is 6.31. The van der Waals surface area contributed by atoms with Crippen LogP contribution < -0.4 is 10.2 Å². The van der Waals surface area contributed by atoms with Gasteiger partial charge in [-0.1, -0.05) is 17.7 Å². The Morgan fingerprint density at radius 1 is 1.17 bits per heavy atom. The highest BCUT2D eigenvalue weighted by Gasteiger charge is 2.25. The number of aryl methyl sites for hydroxylation is 2. The molecule has 1 fully saturated rings. The van der Waals surface area contributed by atoms with Gasteiger partial charge in [0, 0.05) is 29.7 Å². The Hall–Kier alpha value is -2.14. The zero-order valence-electron chi connectivity index (χ0n) is 13.9. The summed E-state index contributed by atoms with van der Waals surface area (Å²) in [6, 6.07) is 9.54. The van der Waals surface area contributed by atoms with Crippen LogP contribution in [-0.2, 0) is 4.79 Å². The lowest BCUT2D eigenvalue weighted by atomic mass is 9.95. The molecule has 0 saturated carbocycles. The molecule has 126 valence electrons. The Kier molecular flexibility index (Phi) is 5.00. The van der Waals surface area contributed by atoms with Gasteiger partial charge in [0.25, 0.3) is 0 Å². The third-order valence-electron chi connectivity index (χ3n) is 4.41. The van der Waals surface area contributed by atoms with Crippen molar-refractivity contribution >= 4 is 29.0 Å². The standard InChI is InChI=1S/C18H21ClN4O/c1-12-3-5-15(11-16(12)19)20-18(24)14-7-9-23(10-8-14)17-6-4-13(2)21-22-17/h3-6,11,14H,7-10H2,1-2H3,(H,20,24). The van der Waals surface area contributed by atoms with E-state index in [0.717, 1.165) is 48.7 Å². The summed E-state index contributed by atoms with van der Waals surface area (Å²) in [5.74, 6) is 0.953. The van der Waals surface area contributed by atoms with Crippen molar-refractivity contribution in [1.82, 2.24) is 10.2 Å². The minimum absolute atomic E-state index is 0.0136. The van der Waals surface area contributed by atoms with E-state index in [9.17, 15) is 4.79 Å². The SMILES string of the molecule is Cc1ccc(N2CCC(C(=O)Nc3ccc(C)c(Cl)c3)CC2)nn1. The fourth-order valence-electron chi connectivity index (χ4n) is 2.85. The fraction of sp³-hybridized carbons (Fsp3) is 0.389. The summed E-state index contributed by atoms with van der Waals surface area (Å²) < 4.78 is 0. The van der Waals surface area contributed by atoms with E-state index >= 15 is 0 Å². The number of carbonyl (C=O) groups is 1. The summed E-state index contributed by atoms with van der Waals surface area (Å²) in [7, 11) is 0. The van der Waals surface area contributed by atoms with Crippen LogP contribution in [0.25, 0.3) is 0 Å². The molecule has 1 aliphatic rings. The number of nitrogens with one attached hydrogen (secondary N) is 1. The Labute approximate surface area is 147 Å². The predicted molar refractivity (Wildman–Crippen MR) is 96.5 cm³/mol. The molecular weight excluding hydrogens is 324 g/mol. The Bertz CT molecular complexity index is 724. The molecule has 0 unspecified atom stereocenters. The van der Waals surface area contributed by atoms with Crippen LogP contribution in [0, 0.1) is 19.8 Å². The largest absolute Gasteiger partial charge is 0.355 e. The quantitative estimate of drug-likeness (QED) is 0.924. The van der Waals surface area contributed by atoms with Crippen LogP contribution in [0.3, 0.4) is 0 Å². The number of halogens is 1. The van der Waals surface area contributed by atoms with E-state index in [2.05, 4.69) is 20.4 Å². The summed E-state index contributed by atoms with van der Waals surface area (Å²) in [6.45, 7) is 5.48. The molecule has 2 aromatic rings. The van der Waals surface area contributed by atoms with E-state index in [1.165, 1.54) is 0 Å². The van der Waals surface area contributed by atoms with Gasteiger partial charge in [0.1, 0.15) is 0 Å². The van der Waals surface area contributed by atoms with Gasteiger partial charge in [-0.25, -0.2) is 0 Å². The predicted octanol–water partition coefficient (Wildman–Crippen LogP) is 3.60. The minimum Gasteiger partial charge on any atom is -0.355 e. The van der Waals surface area contributed by atoms with Crippen molar-refractivity contribution in [2.45, 2.75) is 26.7 Å². The van der Waals surface area contributed by atoms with Gasteiger partial charge < -0.3 is 10.2 Å². The van der Waals surface area contributed by atoms with Gasteiger partial charge in [-0.2, -0.15) is 5.10 Å². The molecule has 1 aliphatic heterocycles. The Morgan fingerprint density at radius 3 is 2.54 bits per heavy atom. The molecule has 0 aliphatic carbocycles. The third-order valence-corrected chi connectivity index (χ3v) is 4.82. The number of piperidine rings is 1. The zero-order chi connectivity index (χ0) is 17.1. The van der Waals surface area contributed by atoms with Crippen LogP contribution in [0.5, 0.6) is 0 Å². The van der Waals surface area contributed by atoms with Gasteiger partial charge in [0.2, 0.25) is 5.91 Å². The van der Waals surface area contributed by atoms with Gasteiger partial charge in [-0.05, 0) is 56.5 Å². The van der Waals surface area contributed by atoms with E-state index in [4.69, 9.17) is 11.6 Å². The maximum atomic E-state index is 12.5. The molecule has 5 nitrogen and oxygen atoms in total. The van der Waals surface area contributed by atoms with E-state index in [1.807, 2.05) is 38.1 Å². The zero-order valence-corrected chi connectivity index (χ0v) is 14.7. The lowest BCUT2D eigenvalue weighted by Gasteiger charge is -2.31. The summed E-state index contributed by atoms with van der Waals surface area (Å²) in [4.78, 5) is 14.6. The van der Waals surface area contributed by atoms with Crippen molar-refractivity contribution in [1.29, 1.82) is 0 Å². The molecule has 1 saturated heterocycles. The van der Waals surface area contributed by atoms with Crippen LogP contribution >= 0.6 is 11.6 Å². The van der Waals surface area contributed by atoms with Crippen molar-refractivity contribution in [2.75, 3.05) is 23.3 Å². The van der Waals surface area contributed by atoms with Crippen LogP contribution in [0.2, 0.25) is 5.02 Å². The summed E-state index contributed by atoms with van der Waals surface area (Å²) in [6.07, 6.45) is 1.61.